The molecule has 116 valence electrons. The molecular weight excluding hydrogens is 262 g/mol. The number of aromatic nitrogens is 2. The van der Waals surface area contributed by atoms with E-state index in [2.05, 4.69) is 25.2 Å². The second kappa shape index (κ2) is 6.30. The maximum absolute atomic E-state index is 6.14. The van der Waals surface area contributed by atoms with Crippen LogP contribution in [-0.2, 0) is 10.3 Å². The lowest BCUT2D eigenvalue weighted by atomic mass is 10.0. The van der Waals surface area contributed by atoms with Crippen LogP contribution in [0, 0.1) is 0 Å². The van der Waals surface area contributed by atoms with Gasteiger partial charge in [0.2, 0.25) is 0 Å². The van der Waals surface area contributed by atoms with Gasteiger partial charge in [0.25, 0.3) is 0 Å². The molecule has 4 heteroatoms. The van der Waals surface area contributed by atoms with E-state index >= 15 is 0 Å². The first-order valence-electron chi connectivity index (χ1n) is 8.54. The highest BCUT2D eigenvalue weighted by atomic mass is 16.5. The number of hydrogen-bond donors (Lipinski definition) is 1. The van der Waals surface area contributed by atoms with Crippen LogP contribution in [0.1, 0.15) is 76.2 Å². The lowest BCUT2D eigenvalue weighted by Crippen LogP contribution is -2.29. The minimum atomic E-state index is -0.234. The Bertz CT molecular complexity index is 479. The molecule has 1 aromatic heterocycles. The molecule has 2 saturated carbocycles. The Labute approximate surface area is 127 Å². The molecule has 3 rings (SSSR count). The molecule has 1 aromatic rings. The fourth-order valence-electron chi connectivity index (χ4n) is 3.26. The predicted molar refractivity (Wildman–Crippen MR) is 84.6 cm³/mol. The Morgan fingerprint density at radius 3 is 2.62 bits per heavy atom. The number of nitrogens with one attached hydrogen (secondary N) is 1. The summed E-state index contributed by atoms with van der Waals surface area (Å²) in [7, 11) is 0. The molecule has 21 heavy (non-hydrogen) atoms. The van der Waals surface area contributed by atoms with Gasteiger partial charge in [-0.1, -0.05) is 6.92 Å². The third-order valence-electron chi connectivity index (χ3n) is 4.54. The van der Waals surface area contributed by atoms with Crippen molar-refractivity contribution in [2.24, 2.45) is 0 Å². The summed E-state index contributed by atoms with van der Waals surface area (Å²) in [5.41, 5.74) is 0.979. The van der Waals surface area contributed by atoms with Gasteiger partial charge in [0.15, 0.2) is 5.82 Å². The molecule has 0 aromatic carbocycles. The van der Waals surface area contributed by atoms with Gasteiger partial charge in [-0.2, -0.15) is 0 Å². The number of ether oxygens (including phenoxy) is 1. The molecule has 0 amide bonds. The van der Waals surface area contributed by atoms with E-state index in [-0.39, 0.29) is 5.60 Å². The van der Waals surface area contributed by atoms with Gasteiger partial charge >= 0.3 is 0 Å². The number of rotatable bonds is 7. The van der Waals surface area contributed by atoms with E-state index in [1.807, 2.05) is 0 Å². The molecule has 0 aliphatic heterocycles. The number of hydrogen-bond acceptors (Lipinski definition) is 4. The van der Waals surface area contributed by atoms with Crippen LogP contribution >= 0.6 is 0 Å². The van der Waals surface area contributed by atoms with Crippen molar-refractivity contribution < 1.29 is 4.74 Å². The average molecular weight is 289 g/mol. The minimum absolute atomic E-state index is 0.234. The molecule has 1 heterocycles. The summed E-state index contributed by atoms with van der Waals surface area (Å²) in [4.78, 5) is 9.71. The summed E-state index contributed by atoms with van der Waals surface area (Å²) in [6, 6.07) is 2.14. The molecule has 0 atom stereocenters. The lowest BCUT2D eigenvalue weighted by Gasteiger charge is -2.28. The van der Waals surface area contributed by atoms with Crippen molar-refractivity contribution in [2.45, 2.75) is 70.3 Å². The van der Waals surface area contributed by atoms with Crippen LogP contribution < -0.4 is 5.32 Å². The van der Waals surface area contributed by atoms with Crippen molar-refractivity contribution in [3.05, 3.63) is 17.6 Å². The van der Waals surface area contributed by atoms with Gasteiger partial charge < -0.3 is 10.1 Å². The molecule has 4 nitrogen and oxygen atoms in total. The third-order valence-corrected chi connectivity index (χ3v) is 4.54. The molecule has 2 fully saturated rings. The summed E-state index contributed by atoms with van der Waals surface area (Å²) in [5.74, 6) is 2.55. The van der Waals surface area contributed by atoms with Gasteiger partial charge in [0, 0.05) is 30.8 Å². The Morgan fingerprint density at radius 2 is 2.00 bits per heavy atom. The van der Waals surface area contributed by atoms with Crippen LogP contribution in [-0.4, -0.2) is 23.1 Å². The quantitative estimate of drug-likeness (QED) is 0.824. The first-order valence-corrected chi connectivity index (χ1v) is 8.54. The summed E-state index contributed by atoms with van der Waals surface area (Å²) in [6.45, 7) is 5.94. The fraction of sp³-hybridized carbons (Fsp3) is 0.765. The maximum Gasteiger partial charge on any atom is 0.162 e. The normalized spacial score (nSPS) is 20.7. The molecule has 2 aliphatic rings. The largest absolute Gasteiger partial charge is 0.370 e. The molecule has 0 saturated heterocycles. The van der Waals surface area contributed by atoms with E-state index in [0.29, 0.717) is 5.92 Å². The first kappa shape index (κ1) is 14.8. The zero-order chi connectivity index (χ0) is 14.7. The summed E-state index contributed by atoms with van der Waals surface area (Å²) < 4.78 is 6.14. The van der Waals surface area contributed by atoms with Crippen LogP contribution in [0.2, 0.25) is 0 Å². The van der Waals surface area contributed by atoms with Crippen molar-refractivity contribution in [1.29, 1.82) is 0 Å². The van der Waals surface area contributed by atoms with Crippen LogP contribution in [0.3, 0.4) is 0 Å². The van der Waals surface area contributed by atoms with Crippen LogP contribution in [0.5, 0.6) is 0 Å². The van der Waals surface area contributed by atoms with Crippen LogP contribution in [0.4, 0.5) is 5.82 Å². The molecule has 0 unspecified atom stereocenters. The second-order valence-electron chi connectivity index (χ2n) is 6.34. The Balaban J connectivity index is 1.93. The highest BCUT2D eigenvalue weighted by Crippen LogP contribution is 2.44. The molecular formula is C17H27N3O. The van der Waals surface area contributed by atoms with Gasteiger partial charge in [0.05, 0.1) is 0 Å². The monoisotopic (exact) mass is 289 g/mol. The standard InChI is InChI=1S/C17H27N3O/c1-3-11-18-15-12-14(13-7-8-13)19-16(20-15)17(21-4-2)9-5-6-10-17/h12-13H,3-11H2,1-2H3,(H,18,19,20). The topological polar surface area (TPSA) is 47.0 Å². The maximum atomic E-state index is 6.14. The predicted octanol–water partition coefficient (Wildman–Crippen LogP) is 3.98. The highest BCUT2D eigenvalue weighted by Gasteiger charge is 2.40. The number of anilines is 1. The fourth-order valence-corrected chi connectivity index (χ4v) is 3.26. The Hall–Kier alpha value is -1.16. The van der Waals surface area contributed by atoms with Gasteiger partial charge in [-0.15, -0.1) is 0 Å². The zero-order valence-electron chi connectivity index (χ0n) is 13.3. The van der Waals surface area contributed by atoms with E-state index in [1.54, 1.807) is 0 Å². The lowest BCUT2D eigenvalue weighted by molar-refractivity contribution is -0.0457. The van der Waals surface area contributed by atoms with Gasteiger partial charge in [-0.3, -0.25) is 0 Å². The second-order valence-corrected chi connectivity index (χ2v) is 6.34. The molecule has 0 radical (unpaired) electrons. The van der Waals surface area contributed by atoms with Gasteiger partial charge in [0.1, 0.15) is 11.4 Å². The smallest absolute Gasteiger partial charge is 0.162 e. The third kappa shape index (κ3) is 3.20. The van der Waals surface area contributed by atoms with E-state index in [9.17, 15) is 0 Å². The summed E-state index contributed by atoms with van der Waals surface area (Å²) >= 11 is 0. The van der Waals surface area contributed by atoms with Crippen molar-refractivity contribution in [2.75, 3.05) is 18.5 Å². The first-order chi connectivity index (χ1) is 10.3. The molecule has 0 bridgehead atoms. The molecule has 1 N–H and O–H groups in total. The zero-order valence-corrected chi connectivity index (χ0v) is 13.3. The van der Waals surface area contributed by atoms with Gasteiger partial charge in [-0.05, 0) is 51.9 Å². The Kier molecular flexibility index (Phi) is 4.43. The van der Waals surface area contributed by atoms with E-state index in [4.69, 9.17) is 14.7 Å². The van der Waals surface area contributed by atoms with E-state index in [1.165, 1.54) is 31.4 Å². The van der Waals surface area contributed by atoms with Crippen LogP contribution in [0.15, 0.2) is 6.07 Å². The summed E-state index contributed by atoms with van der Waals surface area (Å²) in [5, 5.41) is 3.43. The minimum Gasteiger partial charge on any atom is -0.370 e. The van der Waals surface area contributed by atoms with Crippen molar-refractivity contribution in [1.82, 2.24) is 9.97 Å². The average Bonchev–Trinajstić information content (AvgIpc) is 3.25. The van der Waals surface area contributed by atoms with Crippen molar-refractivity contribution in [3.8, 4) is 0 Å². The van der Waals surface area contributed by atoms with E-state index in [0.717, 1.165) is 44.1 Å². The van der Waals surface area contributed by atoms with Crippen molar-refractivity contribution in [3.63, 3.8) is 0 Å². The van der Waals surface area contributed by atoms with Crippen LogP contribution in [0.25, 0.3) is 0 Å². The van der Waals surface area contributed by atoms with E-state index < -0.39 is 0 Å². The van der Waals surface area contributed by atoms with Gasteiger partial charge in [-0.25, -0.2) is 9.97 Å². The van der Waals surface area contributed by atoms with Crippen molar-refractivity contribution >= 4 is 5.82 Å². The SMILES string of the molecule is CCCNc1cc(C2CC2)nc(C2(OCC)CCCC2)n1. The molecule has 2 aliphatic carbocycles. The molecule has 0 spiro atoms. The Morgan fingerprint density at radius 1 is 1.24 bits per heavy atom. The highest BCUT2D eigenvalue weighted by molar-refractivity contribution is 5.39. The summed E-state index contributed by atoms with van der Waals surface area (Å²) in [6.07, 6.45) is 8.19. The number of nitrogens with zero attached hydrogens (tertiary/aromatic N) is 2.